The van der Waals surface area contributed by atoms with E-state index in [9.17, 15) is 0 Å². The molecular weight excluding hydrogens is 358 g/mol. The molecule has 1 aliphatic rings. The van der Waals surface area contributed by atoms with E-state index in [0.717, 1.165) is 12.8 Å². The van der Waals surface area contributed by atoms with E-state index < -0.39 is 0 Å². The summed E-state index contributed by atoms with van der Waals surface area (Å²) in [7, 11) is 0. The SMILES string of the molecule is c1ccc2c(c1)ccc1c3ccccc3c(Cc3nc4c(s3)CCCC4)cc21. The Kier molecular flexibility index (Phi) is 3.73. The van der Waals surface area contributed by atoms with E-state index in [2.05, 4.69) is 66.7 Å². The normalized spacial score (nSPS) is 14.0. The summed E-state index contributed by atoms with van der Waals surface area (Å²) in [4.78, 5) is 6.54. The Morgan fingerprint density at radius 2 is 1.46 bits per heavy atom. The minimum Gasteiger partial charge on any atom is -0.246 e. The van der Waals surface area contributed by atoms with Crippen molar-refractivity contribution in [2.45, 2.75) is 32.1 Å². The maximum atomic E-state index is 5.01. The van der Waals surface area contributed by atoms with E-state index in [0.29, 0.717) is 0 Å². The third-order valence-electron chi connectivity index (χ3n) is 6.08. The molecule has 0 fully saturated rings. The third kappa shape index (κ3) is 2.56. The number of benzene rings is 4. The van der Waals surface area contributed by atoms with Crippen LogP contribution in [-0.2, 0) is 19.3 Å². The number of rotatable bonds is 2. The highest BCUT2D eigenvalue weighted by Gasteiger charge is 2.16. The van der Waals surface area contributed by atoms with Crippen LogP contribution in [0.5, 0.6) is 0 Å². The minimum atomic E-state index is 0.928. The van der Waals surface area contributed by atoms with Crippen molar-refractivity contribution < 1.29 is 0 Å². The predicted octanol–water partition coefficient (Wildman–Crippen LogP) is 7.07. The Bertz CT molecular complexity index is 1320. The van der Waals surface area contributed by atoms with Gasteiger partial charge in [0.25, 0.3) is 0 Å². The summed E-state index contributed by atoms with van der Waals surface area (Å²) in [6.45, 7) is 0. The third-order valence-corrected chi connectivity index (χ3v) is 7.24. The average molecular weight is 380 g/mol. The molecule has 0 N–H and O–H groups in total. The van der Waals surface area contributed by atoms with Crippen molar-refractivity contribution in [2.75, 3.05) is 0 Å². The molecule has 1 aromatic heterocycles. The molecule has 1 nitrogen and oxygen atoms in total. The molecule has 0 bridgehead atoms. The van der Waals surface area contributed by atoms with Crippen molar-refractivity contribution in [3.8, 4) is 0 Å². The molecule has 0 saturated carbocycles. The Hall–Kier alpha value is -2.71. The molecule has 5 aromatic rings. The molecule has 136 valence electrons. The molecule has 2 heteroatoms. The van der Waals surface area contributed by atoms with Crippen LogP contribution in [0.4, 0.5) is 0 Å². The van der Waals surface area contributed by atoms with Crippen LogP contribution in [0.3, 0.4) is 0 Å². The number of hydrogen-bond donors (Lipinski definition) is 0. The molecule has 28 heavy (non-hydrogen) atoms. The van der Waals surface area contributed by atoms with Crippen molar-refractivity contribution in [2.24, 2.45) is 0 Å². The van der Waals surface area contributed by atoms with E-state index in [-0.39, 0.29) is 0 Å². The lowest BCUT2D eigenvalue weighted by Gasteiger charge is -2.12. The molecule has 0 spiro atoms. The molecule has 0 unspecified atom stereocenters. The van der Waals surface area contributed by atoms with Gasteiger partial charge in [0.15, 0.2) is 0 Å². The summed E-state index contributed by atoms with van der Waals surface area (Å²) < 4.78 is 0. The fourth-order valence-electron chi connectivity index (χ4n) is 4.73. The lowest BCUT2D eigenvalue weighted by Crippen LogP contribution is -1.99. The van der Waals surface area contributed by atoms with E-state index in [1.54, 1.807) is 0 Å². The van der Waals surface area contributed by atoms with Crippen LogP contribution < -0.4 is 0 Å². The summed E-state index contributed by atoms with van der Waals surface area (Å²) in [6.07, 6.45) is 5.92. The molecule has 1 aliphatic carbocycles. The van der Waals surface area contributed by atoms with Crippen LogP contribution in [-0.4, -0.2) is 4.98 Å². The Morgan fingerprint density at radius 1 is 0.714 bits per heavy atom. The largest absolute Gasteiger partial charge is 0.246 e. The predicted molar refractivity (Wildman–Crippen MR) is 121 cm³/mol. The molecule has 6 rings (SSSR count). The number of nitrogens with zero attached hydrogens (tertiary/aromatic N) is 1. The second-order valence-corrected chi connectivity index (χ2v) is 8.99. The number of fused-ring (bicyclic) bond motifs is 6. The van der Waals surface area contributed by atoms with Gasteiger partial charge in [0, 0.05) is 11.3 Å². The lowest BCUT2D eigenvalue weighted by atomic mass is 9.93. The van der Waals surface area contributed by atoms with Gasteiger partial charge in [-0.2, -0.15) is 0 Å². The van der Waals surface area contributed by atoms with Crippen molar-refractivity contribution in [3.63, 3.8) is 0 Å². The van der Waals surface area contributed by atoms with Crippen molar-refractivity contribution in [3.05, 3.63) is 87.9 Å². The number of aryl methyl sites for hydroxylation is 2. The maximum Gasteiger partial charge on any atom is 0.0975 e. The first-order valence-corrected chi connectivity index (χ1v) is 11.0. The molecule has 4 aromatic carbocycles. The molecule has 1 heterocycles. The Balaban J connectivity index is 1.59. The molecule has 0 aliphatic heterocycles. The zero-order valence-electron chi connectivity index (χ0n) is 15.7. The second-order valence-electron chi connectivity index (χ2n) is 7.82. The van der Waals surface area contributed by atoms with Gasteiger partial charge in [-0.25, -0.2) is 4.98 Å². The van der Waals surface area contributed by atoms with Crippen LogP contribution >= 0.6 is 11.3 Å². The molecule has 0 atom stereocenters. The van der Waals surface area contributed by atoms with Gasteiger partial charge in [0.2, 0.25) is 0 Å². The van der Waals surface area contributed by atoms with Gasteiger partial charge in [-0.3, -0.25) is 0 Å². The van der Waals surface area contributed by atoms with Gasteiger partial charge in [0.1, 0.15) is 0 Å². The monoisotopic (exact) mass is 379 g/mol. The smallest absolute Gasteiger partial charge is 0.0975 e. The van der Waals surface area contributed by atoms with Gasteiger partial charge >= 0.3 is 0 Å². The van der Waals surface area contributed by atoms with Gasteiger partial charge in [0.05, 0.1) is 10.7 Å². The van der Waals surface area contributed by atoms with E-state index >= 15 is 0 Å². The van der Waals surface area contributed by atoms with Crippen LogP contribution in [0.25, 0.3) is 32.3 Å². The first-order chi connectivity index (χ1) is 13.9. The van der Waals surface area contributed by atoms with Crippen molar-refractivity contribution >= 4 is 43.7 Å². The van der Waals surface area contributed by atoms with E-state index in [4.69, 9.17) is 4.98 Å². The number of thiazole rings is 1. The van der Waals surface area contributed by atoms with Crippen molar-refractivity contribution in [1.82, 2.24) is 4.98 Å². The molecule has 0 amide bonds. The fraction of sp³-hybridized carbons (Fsp3) is 0.192. The Labute approximate surface area is 168 Å². The first-order valence-electron chi connectivity index (χ1n) is 10.2. The Morgan fingerprint density at radius 3 is 2.36 bits per heavy atom. The van der Waals surface area contributed by atoms with Crippen LogP contribution in [0.1, 0.15) is 34.0 Å². The van der Waals surface area contributed by atoms with Gasteiger partial charge in [-0.05, 0) is 69.6 Å². The highest BCUT2D eigenvalue weighted by molar-refractivity contribution is 7.11. The van der Waals surface area contributed by atoms with E-state index in [1.165, 1.54) is 72.7 Å². The zero-order chi connectivity index (χ0) is 18.5. The van der Waals surface area contributed by atoms with E-state index in [1.807, 2.05) is 11.3 Å². The van der Waals surface area contributed by atoms with Gasteiger partial charge < -0.3 is 0 Å². The summed E-state index contributed by atoms with van der Waals surface area (Å²) in [5.74, 6) is 0. The minimum absolute atomic E-state index is 0.928. The standard InChI is InChI=1S/C26H21NS/c1-2-8-19-17(7-1)13-14-22-21-10-4-3-9-20(21)18(15-23(19)22)16-26-27-24-11-5-6-12-25(24)28-26/h1-4,7-10,13-15H,5-6,11-12,16H2. The second kappa shape index (κ2) is 6.42. The molecular formula is C26H21NS. The van der Waals surface area contributed by atoms with Gasteiger partial charge in [-0.15, -0.1) is 11.3 Å². The highest BCUT2D eigenvalue weighted by Crippen LogP contribution is 2.35. The summed E-state index contributed by atoms with van der Waals surface area (Å²) in [5, 5.41) is 9.33. The topological polar surface area (TPSA) is 12.9 Å². The number of hydrogen-bond acceptors (Lipinski definition) is 2. The quantitative estimate of drug-likeness (QED) is 0.299. The number of aromatic nitrogens is 1. The lowest BCUT2D eigenvalue weighted by molar-refractivity contribution is 0.681. The summed E-state index contributed by atoms with van der Waals surface area (Å²) >= 11 is 1.94. The van der Waals surface area contributed by atoms with Crippen LogP contribution in [0, 0.1) is 0 Å². The maximum absolute atomic E-state index is 5.01. The van der Waals surface area contributed by atoms with Crippen LogP contribution in [0.2, 0.25) is 0 Å². The zero-order valence-corrected chi connectivity index (χ0v) is 16.6. The van der Waals surface area contributed by atoms with Gasteiger partial charge in [-0.1, -0.05) is 60.7 Å². The first kappa shape index (κ1) is 16.3. The summed E-state index contributed by atoms with van der Waals surface area (Å²) in [6, 6.07) is 24.5. The average Bonchev–Trinajstić information content (AvgIpc) is 3.16. The fourth-order valence-corrected chi connectivity index (χ4v) is 5.91. The molecule has 0 saturated heterocycles. The molecule has 0 radical (unpaired) electrons. The highest BCUT2D eigenvalue weighted by atomic mass is 32.1. The summed E-state index contributed by atoms with van der Waals surface area (Å²) in [5.41, 5.74) is 2.76. The van der Waals surface area contributed by atoms with Crippen molar-refractivity contribution in [1.29, 1.82) is 0 Å². The van der Waals surface area contributed by atoms with Crippen LogP contribution in [0.15, 0.2) is 66.7 Å².